The fraction of sp³-hybridized carbons (Fsp3) is 0.345. The zero-order valence-electron chi connectivity index (χ0n) is 21.8. The molecule has 0 spiro atoms. The van der Waals surface area contributed by atoms with Crippen molar-refractivity contribution in [3.8, 4) is 23.1 Å². The Balaban J connectivity index is 1.62. The lowest BCUT2D eigenvalue weighted by atomic mass is 10.1. The van der Waals surface area contributed by atoms with Crippen LogP contribution in [0.5, 0.6) is 23.1 Å². The largest absolute Gasteiger partial charge is 0.465 e. The highest BCUT2D eigenvalue weighted by Crippen LogP contribution is 2.35. The van der Waals surface area contributed by atoms with Gasteiger partial charge < -0.3 is 23.8 Å². The molecule has 9 nitrogen and oxygen atoms in total. The van der Waals surface area contributed by atoms with E-state index >= 15 is 0 Å². The predicted octanol–water partition coefficient (Wildman–Crippen LogP) is 6.79. The molecular formula is C29H33N3O6. The van der Waals surface area contributed by atoms with Gasteiger partial charge in [-0.1, -0.05) is 31.5 Å². The summed E-state index contributed by atoms with van der Waals surface area (Å²) < 4.78 is 22.2. The molecule has 1 aliphatic rings. The van der Waals surface area contributed by atoms with E-state index in [1.807, 2.05) is 37.3 Å². The van der Waals surface area contributed by atoms with Crippen LogP contribution >= 0.6 is 0 Å². The van der Waals surface area contributed by atoms with E-state index in [9.17, 15) is 9.59 Å². The number of methoxy groups -OCH3 is 1. The van der Waals surface area contributed by atoms with Crippen molar-refractivity contribution >= 4 is 23.6 Å². The van der Waals surface area contributed by atoms with E-state index in [0.29, 0.717) is 29.5 Å². The van der Waals surface area contributed by atoms with Gasteiger partial charge in [-0.25, -0.2) is 9.59 Å². The quantitative estimate of drug-likeness (QED) is 0.231. The number of nitrogens with zero attached hydrogens (tertiary/aromatic N) is 2. The fourth-order valence-corrected chi connectivity index (χ4v) is 4.04. The smallest absolute Gasteiger partial charge is 0.412 e. The molecule has 1 N–H and O–H groups in total. The van der Waals surface area contributed by atoms with E-state index in [1.165, 1.54) is 7.11 Å². The molecule has 0 aliphatic carbocycles. The summed E-state index contributed by atoms with van der Waals surface area (Å²) in [5, 5.41) is 2.75. The number of aromatic nitrogens is 1. The molecule has 0 saturated carbocycles. The van der Waals surface area contributed by atoms with Gasteiger partial charge in [-0.2, -0.15) is 4.98 Å². The molecule has 200 valence electrons. The Hall–Kier alpha value is -4.27. The molecule has 0 bridgehead atoms. The number of amides is 1. The number of anilines is 2. The minimum absolute atomic E-state index is 0.0122. The average molecular weight is 520 g/mol. The zero-order chi connectivity index (χ0) is 26.7. The maximum atomic E-state index is 12.7. The second kappa shape index (κ2) is 13.3. The molecule has 0 atom stereocenters. The molecule has 1 aromatic heterocycles. The summed E-state index contributed by atoms with van der Waals surface area (Å²) >= 11 is 0. The van der Waals surface area contributed by atoms with Gasteiger partial charge in [0.25, 0.3) is 0 Å². The van der Waals surface area contributed by atoms with Gasteiger partial charge in [0.1, 0.15) is 22.8 Å². The summed E-state index contributed by atoms with van der Waals surface area (Å²) in [6.07, 6.45) is 4.20. The Bertz CT molecular complexity index is 1210. The van der Waals surface area contributed by atoms with Crippen molar-refractivity contribution in [1.29, 1.82) is 0 Å². The maximum Gasteiger partial charge on any atom is 0.412 e. The minimum atomic E-state index is -0.608. The van der Waals surface area contributed by atoms with Crippen molar-refractivity contribution < 1.29 is 28.5 Å². The van der Waals surface area contributed by atoms with Crippen molar-refractivity contribution in [3.63, 3.8) is 0 Å². The van der Waals surface area contributed by atoms with Crippen molar-refractivity contribution in [1.82, 2.24) is 4.98 Å². The number of para-hydroxylation sites is 1. The minimum Gasteiger partial charge on any atom is -0.465 e. The van der Waals surface area contributed by atoms with Crippen LogP contribution in [0.2, 0.25) is 0 Å². The van der Waals surface area contributed by atoms with Crippen LogP contribution in [0.1, 0.15) is 49.4 Å². The number of pyridine rings is 1. The Morgan fingerprint density at radius 3 is 2.24 bits per heavy atom. The molecule has 0 unspecified atom stereocenters. The van der Waals surface area contributed by atoms with Crippen LogP contribution < -0.4 is 19.7 Å². The second-order valence-electron chi connectivity index (χ2n) is 8.85. The highest BCUT2D eigenvalue weighted by Gasteiger charge is 2.25. The zero-order valence-corrected chi connectivity index (χ0v) is 21.8. The van der Waals surface area contributed by atoms with Crippen LogP contribution in [-0.4, -0.2) is 43.9 Å². The third kappa shape index (κ3) is 7.15. The van der Waals surface area contributed by atoms with Crippen molar-refractivity contribution in [2.75, 3.05) is 37.0 Å². The van der Waals surface area contributed by atoms with Crippen LogP contribution in [0.3, 0.4) is 0 Å². The van der Waals surface area contributed by atoms with E-state index in [-0.39, 0.29) is 17.3 Å². The van der Waals surface area contributed by atoms with Gasteiger partial charge in [0.05, 0.1) is 19.4 Å². The highest BCUT2D eigenvalue weighted by atomic mass is 16.5. The van der Waals surface area contributed by atoms with E-state index in [4.69, 9.17) is 18.9 Å². The average Bonchev–Trinajstić information content (AvgIpc) is 2.95. The van der Waals surface area contributed by atoms with Crippen molar-refractivity contribution in [2.24, 2.45) is 0 Å². The molecule has 1 aliphatic heterocycles. The number of esters is 1. The Labute approximate surface area is 222 Å². The van der Waals surface area contributed by atoms with Gasteiger partial charge in [-0.3, -0.25) is 5.32 Å². The highest BCUT2D eigenvalue weighted by molar-refractivity contribution is 5.96. The summed E-state index contributed by atoms with van der Waals surface area (Å²) in [6, 6.07) is 18.0. The lowest BCUT2D eigenvalue weighted by Crippen LogP contribution is -2.31. The molecule has 3 aromatic rings. The number of benzene rings is 2. The normalized spacial score (nSPS) is 12.9. The summed E-state index contributed by atoms with van der Waals surface area (Å²) in [7, 11) is 1.31. The Morgan fingerprint density at radius 2 is 1.58 bits per heavy atom. The fourth-order valence-electron chi connectivity index (χ4n) is 4.04. The van der Waals surface area contributed by atoms with E-state index in [2.05, 4.69) is 15.2 Å². The van der Waals surface area contributed by atoms with E-state index in [0.717, 1.165) is 45.2 Å². The third-order valence-corrected chi connectivity index (χ3v) is 6.04. The SMILES string of the molecule is CCCCOC(=O)Nc1nc(Oc2ccc(Oc3ccccc3)cc2)c(C(=O)OC)cc1N1CCCCC1. The first kappa shape index (κ1) is 26.8. The second-order valence-corrected chi connectivity index (χ2v) is 8.85. The molecule has 1 saturated heterocycles. The maximum absolute atomic E-state index is 12.7. The number of carbonyl (C=O) groups excluding carboxylic acids is 2. The van der Waals surface area contributed by atoms with Crippen molar-refractivity contribution in [3.05, 3.63) is 66.2 Å². The van der Waals surface area contributed by atoms with Gasteiger partial charge in [-0.05, 0) is 68.1 Å². The third-order valence-electron chi connectivity index (χ3n) is 6.04. The number of unbranched alkanes of at least 4 members (excludes halogenated alkanes) is 1. The van der Waals surface area contributed by atoms with Crippen LogP contribution in [0.15, 0.2) is 60.7 Å². The molecule has 2 heterocycles. The molecule has 2 aromatic carbocycles. The van der Waals surface area contributed by atoms with Crippen LogP contribution in [0.25, 0.3) is 0 Å². The number of ether oxygens (including phenoxy) is 4. The molecule has 9 heteroatoms. The number of piperidine rings is 1. The summed E-state index contributed by atoms with van der Waals surface area (Å²) in [5.74, 6) is 1.46. The lowest BCUT2D eigenvalue weighted by molar-refractivity contribution is 0.0597. The first-order chi connectivity index (χ1) is 18.6. The molecule has 1 fully saturated rings. The Kier molecular flexibility index (Phi) is 9.39. The number of carbonyl (C=O) groups is 2. The summed E-state index contributed by atoms with van der Waals surface area (Å²) in [6.45, 7) is 3.89. The summed E-state index contributed by atoms with van der Waals surface area (Å²) in [4.78, 5) is 31.9. The monoisotopic (exact) mass is 519 g/mol. The standard InChI is InChI=1S/C29H33N3O6/c1-3-4-19-36-29(34)31-26-25(32-17-9-6-10-18-32)20-24(28(33)35-2)27(30-26)38-23-15-13-22(14-16-23)37-21-11-7-5-8-12-21/h5,7-8,11-16,20H,3-4,6,9-10,17-19H2,1-2H3,(H,30,31,34). The van der Waals surface area contributed by atoms with E-state index < -0.39 is 12.1 Å². The summed E-state index contributed by atoms with van der Waals surface area (Å²) in [5.41, 5.74) is 0.777. The van der Waals surface area contributed by atoms with Gasteiger partial charge in [0.15, 0.2) is 5.82 Å². The molecule has 0 radical (unpaired) electrons. The number of hydrogen-bond donors (Lipinski definition) is 1. The first-order valence-corrected chi connectivity index (χ1v) is 12.9. The van der Waals surface area contributed by atoms with Gasteiger partial charge in [-0.15, -0.1) is 0 Å². The van der Waals surface area contributed by atoms with Gasteiger partial charge >= 0.3 is 12.1 Å². The van der Waals surface area contributed by atoms with Crippen LogP contribution in [-0.2, 0) is 9.47 Å². The molecule has 4 rings (SSSR count). The Morgan fingerprint density at radius 1 is 0.921 bits per heavy atom. The molecule has 1 amide bonds. The van der Waals surface area contributed by atoms with Crippen LogP contribution in [0.4, 0.5) is 16.3 Å². The number of rotatable bonds is 10. The predicted molar refractivity (Wildman–Crippen MR) is 145 cm³/mol. The van der Waals surface area contributed by atoms with Crippen LogP contribution in [0, 0.1) is 0 Å². The van der Waals surface area contributed by atoms with Crippen molar-refractivity contribution in [2.45, 2.75) is 39.0 Å². The van der Waals surface area contributed by atoms with Gasteiger partial charge in [0.2, 0.25) is 5.88 Å². The number of nitrogens with one attached hydrogen (secondary N) is 1. The molecular weight excluding hydrogens is 486 g/mol. The topological polar surface area (TPSA) is 99.2 Å². The number of hydrogen-bond acceptors (Lipinski definition) is 8. The first-order valence-electron chi connectivity index (χ1n) is 12.9. The van der Waals surface area contributed by atoms with Gasteiger partial charge in [0, 0.05) is 13.1 Å². The lowest BCUT2D eigenvalue weighted by Gasteiger charge is -2.30. The van der Waals surface area contributed by atoms with E-state index in [1.54, 1.807) is 30.3 Å². The molecule has 38 heavy (non-hydrogen) atoms.